The molecule has 0 aliphatic heterocycles. The van der Waals surface area contributed by atoms with Crippen molar-refractivity contribution in [2.75, 3.05) is 13.2 Å². The number of pyridine rings is 1. The van der Waals surface area contributed by atoms with Crippen LogP contribution in [-0.4, -0.2) is 24.1 Å². The third kappa shape index (κ3) is 9.81. The summed E-state index contributed by atoms with van der Waals surface area (Å²) in [4.78, 5) is 8.54. The predicted octanol–water partition coefficient (Wildman–Crippen LogP) is 3.47. The van der Waals surface area contributed by atoms with Crippen molar-refractivity contribution in [3.63, 3.8) is 0 Å². The first kappa shape index (κ1) is 20.9. The standard InChI is InChI=1S/C16H28N4O.HI/c1-3-5-6-7-10-18-16(17)20-13-14-8-9-15(19-12-14)21-11-4-2;/h8-9,12H,3-7,10-11,13H2,1-2H3,(H3,17,18,20);1H. The summed E-state index contributed by atoms with van der Waals surface area (Å²) in [7, 11) is 0. The minimum absolute atomic E-state index is 0. The predicted molar refractivity (Wildman–Crippen MR) is 103 cm³/mol. The number of guanidine groups is 1. The van der Waals surface area contributed by atoms with Crippen LogP contribution in [-0.2, 0) is 6.54 Å². The second-order valence-electron chi connectivity index (χ2n) is 5.04. The van der Waals surface area contributed by atoms with Crippen LogP contribution in [0.2, 0.25) is 0 Å². The lowest BCUT2D eigenvalue weighted by atomic mass is 10.2. The van der Waals surface area contributed by atoms with E-state index in [1.54, 1.807) is 6.20 Å². The molecule has 0 aliphatic carbocycles. The normalized spacial score (nSPS) is 10.9. The molecule has 1 aromatic heterocycles. The Morgan fingerprint density at radius 3 is 2.68 bits per heavy atom. The fourth-order valence-electron chi connectivity index (χ4n) is 1.80. The molecule has 0 aliphatic rings. The Morgan fingerprint density at radius 2 is 2.05 bits per heavy atom. The van der Waals surface area contributed by atoms with Gasteiger partial charge in [0, 0.05) is 18.8 Å². The fourth-order valence-corrected chi connectivity index (χ4v) is 1.80. The molecule has 0 saturated carbocycles. The zero-order valence-corrected chi connectivity index (χ0v) is 16.0. The second kappa shape index (κ2) is 13.6. The van der Waals surface area contributed by atoms with Gasteiger partial charge in [0.1, 0.15) is 0 Å². The topological polar surface area (TPSA) is 72.5 Å². The van der Waals surface area contributed by atoms with Crippen LogP contribution >= 0.6 is 24.0 Å². The van der Waals surface area contributed by atoms with E-state index in [9.17, 15) is 0 Å². The van der Waals surface area contributed by atoms with E-state index in [0.717, 1.165) is 24.9 Å². The van der Waals surface area contributed by atoms with Crippen molar-refractivity contribution in [2.45, 2.75) is 52.5 Å². The van der Waals surface area contributed by atoms with E-state index >= 15 is 0 Å². The van der Waals surface area contributed by atoms with Gasteiger partial charge in [-0.1, -0.05) is 39.2 Å². The van der Waals surface area contributed by atoms with Gasteiger partial charge in [-0.2, -0.15) is 0 Å². The zero-order chi connectivity index (χ0) is 15.3. The molecule has 0 radical (unpaired) electrons. The van der Waals surface area contributed by atoms with E-state index in [0.29, 0.717) is 25.0 Å². The molecule has 1 aromatic rings. The number of hydrogen-bond donors (Lipinski definition) is 2. The highest BCUT2D eigenvalue weighted by Crippen LogP contribution is 2.08. The maximum absolute atomic E-state index is 5.83. The summed E-state index contributed by atoms with van der Waals surface area (Å²) in [6.45, 7) is 6.39. The Balaban J connectivity index is 0.00000441. The highest BCUT2D eigenvalue weighted by molar-refractivity contribution is 14.0. The molecule has 0 unspecified atom stereocenters. The largest absolute Gasteiger partial charge is 0.478 e. The van der Waals surface area contributed by atoms with Gasteiger partial charge in [-0.3, -0.25) is 0 Å². The molecule has 0 atom stereocenters. The van der Waals surface area contributed by atoms with E-state index in [1.807, 2.05) is 12.1 Å². The van der Waals surface area contributed by atoms with E-state index in [1.165, 1.54) is 19.3 Å². The molecule has 0 saturated heterocycles. The number of nitrogens with two attached hydrogens (primary N) is 1. The Bertz CT molecular complexity index is 409. The van der Waals surface area contributed by atoms with Gasteiger partial charge in [0.2, 0.25) is 5.88 Å². The number of nitrogens with one attached hydrogen (secondary N) is 1. The molecule has 0 bridgehead atoms. The number of ether oxygens (including phenoxy) is 1. The van der Waals surface area contributed by atoms with Crippen molar-refractivity contribution in [3.05, 3.63) is 23.9 Å². The molecule has 1 rings (SSSR count). The average Bonchev–Trinajstić information content (AvgIpc) is 2.51. The van der Waals surface area contributed by atoms with Crippen LogP contribution in [0.4, 0.5) is 0 Å². The number of hydrogen-bond acceptors (Lipinski definition) is 3. The van der Waals surface area contributed by atoms with Crippen molar-refractivity contribution < 1.29 is 4.74 Å². The number of halogens is 1. The van der Waals surface area contributed by atoms with E-state index in [2.05, 4.69) is 29.1 Å². The number of aromatic nitrogens is 1. The van der Waals surface area contributed by atoms with E-state index < -0.39 is 0 Å². The Morgan fingerprint density at radius 1 is 1.23 bits per heavy atom. The van der Waals surface area contributed by atoms with Crippen LogP contribution in [0.3, 0.4) is 0 Å². The number of aliphatic imine (C=N–C) groups is 1. The molecule has 0 spiro atoms. The van der Waals surface area contributed by atoms with Gasteiger partial charge in [0.25, 0.3) is 0 Å². The summed E-state index contributed by atoms with van der Waals surface area (Å²) in [6, 6.07) is 3.84. The molecule has 126 valence electrons. The third-order valence-corrected chi connectivity index (χ3v) is 3.02. The minimum atomic E-state index is 0. The van der Waals surface area contributed by atoms with Gasteiger partial charge in [0.05, 0.1) is 13.2 Å². The van der Waals surface area contributed by atoms with Gasteiger partial charge < -0.3 is 15.8 Å². The smallest absolute Gasteiger partial charge is 0.213 e. The lowest BCUT2D eigenvalue weighted by Gasteiger charge is -2.06. The molecule has 22 heavy (non-hydrogen) atoms. The highest BCUT2D eigenvalue weighted by atomic mass is 127. The number of rotatable bonds is 10. The van der Waals surface area contributed by atoms with Crippen LogP contribution in [0.1, 0.15) is 51.5 Å². The van der Waals surface area contributed by atoms with Crippen LogP contribution < -0.4 is 15.8 Å². The summed E-state index contributed by atoms with van der Waals surface area (Å²) in [5, 5.41) is 3.13. The maximum Gasteiger partial charge on any atom is 0.213 e. The molecular weight excluding hydrogens is 391 g/mol. The third-order valence-electron chi connectivity index (χ3n) is 3.02. The first-order chi connectivity index (χ1) is 10.3. The molecule has 6 heteroatoms. The summed E-state index contributed by atoms with van der Waals surface area (Å²) in [5.41, 5.74) is 6.85. The SMILES string of the molecule is CCCCCCNC(N)=NCc1ccc(OCCC)nc1.I. The average molecular weight is 420 g/mol. The summed E-state index contributed by atoms with van der Waals surface area (Å²) < 4.78 is 5.44. The van der Waals surface area contributed by atoms with E-state index in [4.69, 9.17) is 10.5 Å². The number of nitrogens with zero attached hydrogens (tertiary/aromatic N) is 2. The minimum Gasteiger partial charge on any atom is -0.478 e. The first-order valence-corrected chi connectivity index (χ1v) is 7.87. The maximum atomic E-state index is 5.83. The van der Waals surface area contributed by atoms with Crippen LogP contribution in [0.15, 0.2) is 23.3 Å². The van der Waals surface area contributed by atoms with Crippen LogP contribution in [0, 0.1) is 0 Å². The molecule has 1 heterocycles. The Hall–Kier alpha value is -1.05. The van der Waals surface area contributed by atoms with Gasteiger partial charge in [-0.15, -0.1) is 24.0 Å². The Labute approximate surface area is 151 Å². The summed E-state index contributed by atoms with van der Waals surface area (Å²) in [6.07, 6.45) is 7.65. The van der Waals surface area contributed by atoms with Crippen molar-refractivity contribution >= 4 is 29.9 Å². The lowest BCUT2D eigenvalue weighted by Crippen LogP contribution is -2.32. The van der Waals surface area contributed by atoms with Crippen LogP contribution in [0.25, 0.3) is 0 Å². The zero-order valence-electron chi connectivity index (χ0n) is 13.7. The van der Waals surface area contributed by atoms with Crippen molar-refractivity contribution in [2.24, 2.45) is 10.7 Å². The van der Waals surface area contributed by atoms with Crippen LogP contribution in [0.5, 0.6) is 5.88 Å². The fraction of sp³-hybridized carbons (Fsp3) is 0.625. The van der Waals surface area contributed by atoms with Crippen molar-refractivity contribution in [3.8, 4) is 5.88 Å². The quantitative estimate of drug-likeness (QED) is 0.263. The second-order valence-corrected chi connectivity index (χ2v) is 5.04. The molecule has 3 N–H and O–H groups in total. The molecular formula is C16H29IN4O. The van der Waals surface area contributed by atoms with Crippen molar-refractivity contribution in [1.29, 1.82) is 0 Å². The molecule has 5 nitrogen and oxygen atoms in total. The molecule has 0 amide bonds. The first-order valence-electron chi connectivity index (χ1n) is 7.87. The van der Waals surface area contributed by atoms with E-state index in [-0.39, 0.29) is 24.0 Å². The molecule has 0 aromatic carbocycles. The number of unbranched alkanes of at least 4 members (excludes halogenated alkanes) is 3. The summed E-state index contributed by atoms with van der Waals surface area (Å²) >= 11 is 0. The van der Waals surface area contributed by atoms with Gasteiger partial charge in [0.15, 0.2) is 5.96 Å². The Kier molecular flexibility index (Phi) is 13.0. The lowest BCUT2D eigenvalue weighted by molar-refractivity contribution is 0.305. The van der Waals surface area contributed by atoms with Gasteiger partial charge >= 0.3 is 0 Å². The highest BCUT2D eigenvalue weighted by Gasteiger charge is 1.97. The van der Waals surface area contributed by atoms with Crippen molar-refractivity contribution in [1.82, 2.24) is 10.3 Å². The van der Waals surface area contributed by atoms with Gasteiger partial charge in [-0.05, 0) is 18.4 Å². The molecule has 0 fully saturated rings. The van der Waals surface area contributed by atoms with Gasteiger partial charge in [-0.25, -0.2) is 9.98 Å². The monoisotopic (exact) mass is 420 g/mol. The summed E-state index contributed by atoms with van der Waals surface area (Å²) in [5.74, 6) is 1.16.